The Hall–Kier alpha value is -2.02. The Labute approximate surface area is 157 Å². The van der Waals surface area contributed by atoms with Crippen LogP contribution >= 0.6 is 11.8 Å². The summed E-state index contributed by atoms with van der Waals surface area (Å²) in [6.07, 6.45) is 6.30. The SMILES string of the molecule is CCCc1onc(C)c1C(=O)N1CC2(C[C@H](Oc3cccnc3)CS2)C1. The van der Waals surface area contributed by atoms with E-state index in [0.717, 1.165) is 43.9 Å². The standard InChI is InChI=1S/C19H23N3O3S/c1-3-5-16-17(13(2)21-25-16)18(23)22-11-19(12-22)8-15(10-26-19)24-14-6-4-7-20-9-14/h4,6-7,9,15H,3,5,8,10-12H2,1-2H3/t15-/m0/s1. The first-order valence-corrected chi connectivity index (χ1v) is 10.0. The van der Waals surface area contributed by atoms with Crippen LogP contribution in [0.15, 0.2) is 29.0 Å². The molecule has 6 nitrogen and oxygen atoms in total. The molecular weight excluding hydrogens is 350 g/mol. The lowest BCUT2D eigenvalue weighted by molar-refractivity contribution is 0.0515. The second kappa shape index (κ2) is 6.95. The lowest BCUT2D eigenvalue weighted by atomic mass is 9.92. The molecule has 1 atom stereocenters. The highest BCUT2D eigenvalue weighted by Gasteiger charge is 2.52. The summed E-state index contributed by atoms with van der Waals surface area (Å²) in [5, 5.41) is 3.99. The minimum Gasteiger partial charge on any atom is -0.488 e. The van der Waals surface area contributed by atoms with Crippen LogP contribution in [0.25, 0.3) is 0 Å². The summed E-state index contributed by atoms with van der Waals surface area (Å²) in [6.45, 7) is 5.44. The number of aromatic nitrogens is 2. The van der Waals surface area contributed by atoms with Gasteiger partial charge in [-0.2, -0.15) is 0 Å². The van der Waals surface area contributed by atoms with Crippen LogP contribution in [0.1, 0.15) is 41.6 Å². The van der Waals surface area contributed by atoms with Crippen LogP contribution in [-0.4, -0.2) is 50.6 Å². The van der Waals surface area contributed by atoms with Crippen LogP contribution in [0, 0.1) is 6.92 Å². The fourth-order valence-corrected chi connectivity index (χ4v) is 5.27. The number of carbonyl (C=O) groups excluding carboxylic acids is 1. The second-order valence-electron chi connectivity index (χ2n) is 7.10. The van der Waals surface area contributed by atoms with E-state index in [4.69, 9.17) is 9.26 Å². The molecule has 7 heteroatoms. The fraction of sp³-hybridized carbons (Fsp3) is 0.526. The van der Waals surface area contributed by atoms with Crippen molar-refractivity contribution in [3.63, 3.8) is 0 Å². The number of hydrogen-bond donors (Lipinski definition) is 0. The number of likely N-dealkylation sites (tertiary alicyclic amines) is 1. The number of rotatable bonds is 5. The highest BCUT2D eigenvalue weighted by atomic mass is 32.2. The van der Waals surface area contributed by atoms with Gasteiger partial charge in [0.1, 0.15) is 23.2 Å². The summed E-state index contributed by atoms with van der Waals surface area (Å²) in [6, 6.07) is 3.81. The van der Waals surface area contributed by atoms with Crippen LogP contribution in [0.4, 0.5) is 0 Å². The van der Waals surface area contributed by atoms with E-state index in [1.807, 2.05) is 35.7 Å². The quantitative estimate of drug-likeness (QED) is 0.802. The monoisotopic (exact) mass is 373 g/mol. The average Bonchev–Trinajstić information content (AvgIpc) is 3.19. The second-order valence-corrected chi connectivity index (χ2v) is 8.59. The Morgan fingerprint density at radius 2 is 2.35 bits per heavy atom. The molecule has 2 fully saturated rings. The number of hydrogen-bond acceptors (Lipinski definition) is 6. The lowest BCUT2D eigenvalue weighted by Gasteiger charge is -2.47. The molecule has 2 aliphatic rings. The number of amides is 1. The molecule has 0 bridgehead atoms. The topological polar surface area (TPSA) is 68.5 Å². The van der Waals surface area contributed by atoms with Gasteiger partial charge in [0, 0.05) is 37.9 Å². The average molecular weight is 373 g/mol. The van der Waals surface area contributed by atoms with Crippen molar-refractivity contribution in [1.29, 1.82) is 0 Å². The molecule has 0 N–H and O–H groups in total. The maximum absolute atomic E-state index is 12.9. The maximum Gasteiger partial charge on any atom is 0.259 e. The minimum atomic E-state index is 0.0510. The van der Waals surface area contributed by atoms with Gasteiger partial charge >= 0.3 is 0 Å². The third kappa shape index (κ3) is 3.20. The van der Waals surface area contributed by atoms with Gasteiger partial charge in [0.15, 0.2) is 0 Å². The highest BCUT2D eigenvalue weighted by Crippen LogP contribution is 2.46. The predicted octanol–water partition coefficient (Wildman–Crippen LogP) is 3.11. The molecule has 0 aromatic carbocycles. The van der Waals surface area contributed by atoms with Gasteiger partial charge in [-0.25, -0.2) is 0 Å². The van der Waals surface area contributed by atoms with Crippen LogP contribution in [0.5, 0.6) is 5.75 Å². The lowest BCUT2D eigenvalue weighted by Crippen LogP contribution is -2.61. The Morgan fingerprint density at radius 1 is 1.50 bits per heavy atom. The van der Waals surface area contributed by atoms with Gasteiger partial charge in [0.25, 0.3) is 5.91 Å². The number of pyridine rings is 1. The van der Waals surface area contributed by atoms with Crippen molar-refractivity contribution < 1.29 is 14.1 Å². The molecule has 26 heavy (non-hydrogen) atoms. The Balaban J connectivity index is 1.37. The zero-order valence-electron chi connectivity index (χ0n) is 15.1. The highest BCUT2D eigenvalue weighted by molar-refractivity contribution is 8.01. The van der Waals surface area contributed by atoms with Crippen LogP contribution < -0.4 is 4.74 Å². The van der Waals surface area contributed by atoms with Crippen molar-refractivity contribution in [2.24, 2.45) is 0 Å². The molecule has 1 spiro atoms. The number of aryl methyl sites for hydroxylation is 2. The van der Waals surface area contributed by atoms with E-state index in [2.05, 4.69) is 17.1 Å². The first-order valence-electron chi connectivity index (χ1n) is 9.05. The van der Waals surface area contributed by atoms with Crippen molar-refractivity contribution >= 4 is 17.7 Å². The first-order chi connectivity index (χ1) is 12.6. The number of thioether (sulfide) groups is 1. The van der Waals surface area contributed by atoms with Crippen molar-refractivity contribution in [3.8, 4) is 5.75 Å². The normalized spacial score (nSPS) is 21.0. The molecule has 2 aromatic rings. The Kier molecular flexibility index (Phi) is 4.65. The summed E-state index contributed by atoms with van der Waals surface area (Å²) in [5.41, 5.74) is 1.35. The largest absolute Gasteiger partial charge is 0.488 e. The van der Waals surface area contributed by atoms with Crippen molar-refractivity contribution in [2.45, 2.75) is 44.0 Å². The van der Waals surface area contributed by atoms with E-state index in [9.17, 15) is 4.79 Å². The van der Waals surface area contributed by atoms with Crippen molar-refractivity contribution in [1.82, 2.24) is 15.0 Å². The molecule has 4 heterocycles. The van der Waals surface area contributed by atoms with E-state index in [1.165, 1.54) is 0 Å². The number of nitrogens with zero attached hydrogens (tertiary/aromatic N) is 3. The molecule has 0 radical (unpaired) electrons. The van der Waals surface area contributed by atoms with Gasteiger partial charge in [-0.05, 0) is 25.5 Å². The third-order valence-electron chi connectivity index (χ3n) is 4.98. The van der Waals surface area contributed by atoms with Crippen LogP contribution in [0.2, 0.25) is 0 Å². The van der Waals surface area contributed by atoms with Crippen LogP contribution in [-0.2, 0) is 6.42 Å². The van der Waals surface area contributed by atoms with E-state index in [1.54, 1.807) is 12.4 Å². The number of ether oxygens (including phenoxy) is 1. The first kappa shape index (κ1) is 17.4. The number of carbonyl (C=O) groups is 1. The van der Waals surface area contributed by atoms with Gasteiger partial charge in [-0.1, -0.05) is 12.1 Å². The van der Waals surface area contributed by atoms with Gasteiger partial charge < -0.3 is 14.2 Å². The van der Waals surface area contributed by atoms with Gasteiger partial charge in [0.2, 0.25) is 0 Å². The van der Waals surface area contributed by atoms with E-state index >= 15 is 0 Å². The Bertz CT molecular complexity index is 787. The van der Waals surface area contributed by atoms with Gasteiger partial charge in [0.05, 0.1) is 16.6 Å². The van der Waals surface area contributed by atoms with E-state index in [-0.39, 0.29) is 16.8 Å². The smallest absolute Gasteiger partial charge is 0.259 e. The predicted molar refractivity (Wildman–Crippen MR) is 99.6 cm³/mol. The van der Waals surface area contributed by atoms with Crippen molar-refractivity contribution in [2.75, 3.05) is 18.8 Å². The zero-order valence-corrected chi connectivity index (χ0v) is 15.9. The molecule has 138 valence electrons. The Morgan fingerprint density at radius 3 is 3.08 bits per heavy atom. The summed E-state index contributed by atoms with van der Waals surface area (Å²) >= 11 is 1.92. The zero-order chi connectivity index (χ0) is 18.1. The third-order valence-corrected chi connectivity index (χ3v) is 6.56. The molecule has 0 aliphatic carbocycles. The summed E-state index contributed by atoms with van der Waals surface area (Å²) in [5.74, 6) is 2.53. The summed E-state index contributed by atoms with van der Waals surface area (Å²) in [4.78, 5) is 18.9. The summed E-state index contributed by atoms with van der Waals surface area (Å²) in [7, 11) is 0. The van der Waals surface area contributed by atoms with Gasteiger partial charge in [-0.3, -0.25) is 9.78 Å². The van der Waals surface area contributed by atoms with Crippen molar-refractivity contribution in [3.05, 3.63) is 41.5 Å². The maximum atomic E-state index is 12.9. The summed E-state index contributed by atoms with van der Waals surface area (Å²) < 4.78 is 11.5. The molecule has 4 rings (SSSR count). The molecule has 2 aromatic heterocycles. The molecule has 0 saturated carbocycles. The molecule has 2 saturated heterocycles. The molecule has 1 amide bonds. The molecule has 0 unspecified atom stereocenters. The van der Waals surface area contributed by atoms with Crippen LogP contribution in [0.3, 0.4) is 0 Å². The molecule has 2 aliphatic heterocycles. The van der Waals surface area contributed by atoms with Gasteiger partial charge in [-0.15, -0.1) is 11.8 Å². The minimum absolute atomic E-state index is 0.0510. The van der Waals surface area contributed by atoms with E-state index in [0.29, 0.717) is 17.0 Å². The van der Waals surface area contributed by atoms with E-state index < -0.39 is 0 Å². The fourth-order valence-electron chi connectivity index (χ4n) is 3.75. The molecular formula is C19H23N3O3S.